The van der Waals surface area contributed by atoms with Gasteiger partial charge in [0.15, 0.2) is 11.5 Å². The molecule has 1 aliphatic heterocycles. The van der Waals surface area contributed by atoms with Crippen molar-refractivity contribution >= 4 is 63.1 Å². The van der Waals surface area contributed by atoms with Crippen molar-refractivity contribution in [3.8, 4) is 11.5 Å². The number of benzene rings is 2. The van der Waals surface area contributed by atoms with Gasteiger partial charge >= 0.3 is 12.0 Å². The van der Waals surface area contributed by atoms with Gasteiger partial charge in [-0.15, -0.1) is 0 Å². The molecular formula is C20H15BrCl2N2O6. The Morgan fingerprint density at radius 1 is 1.23 bits per heavy atom. The molecule has 1 saturated heterocycles. The number of carbonyl (C=O) groups is 3. The number of carbonyl (C=O) groups excluding carboxylic acids is 2. The van der Waals surface area contributed by atoms with E-state index in [-0.39, 0.29) is 12.3 Å². The third-order valence-corrected chi connectivity index (χ3v) is 5.51. The molecule has 8 nitrogen and oxygen atoms in total. The van der Waals surface area contributed by atoms with Crippen LogP contribution in [0, 0.1) is 0 Å². The second-order valence-electron chi connectivity index (χ2n) is 6.32. The van der Waals surface area contributed by atoms with E-state index in [4.69, 9.17) is 37.8 Å². The lowest BCUT2D eigenvalue weighted by Gasteiger charge is -2.14. The Morgan fingerprint density at radius 2 is 1.97 bits per heavy atom. The number of carboxylic acid groups (broad SMARTS) is 1. The summed E-state index contributed by atoms with van der Waals surface area (Å²) in [6.45, 7) is -0.565. The molecule has 1 heterocycles. The first-order chi connectivity index (χ1) is 14.7. The zero-order chi connectivity index (χ0) is 22.7. The highest BCUT2D eigenvalue weighted by Gasteiger charge is 2.35. The van der Waals surface area contributed by atoms with E-state index in [9.17, 15) is 14.4 Å². The van der Waals surface area contributed by atoms with Gasteiger partial charge in [0.2, 0.25) is 0 Å². The average molecular weight is 530 g/mol. The summed E-state index contributed by atoms with van der Waals surface area (Å²) in [5.41, 5.74) is 1.18. The van der Waals surface area contributed by atoms with Gasteiger partial charge in [-0.2, -0.15) is 0 Å². The van der Waals surface area contributed by atoms with Crippen LogP contribution in [-0.4, -0.2) is 41.6 Å². The maximum absolute atomic E-state index is 12.3. The fourth-order valence-electron chi connectivity index (χ4n) is 2.73. The highest BCUT2D eigenvalue weighted by atomic mass is 79.9. The van der Waals surface area contributed by atoms with E-state index >= 15 is 0 Å². The van der Waals surface area contributed by atoms with Crippen LogP contribution < -0.4 is 14.8 Å². The summed E-state index contributed by atoms with van der Waals surface area (Å²) < 4.78 is 11.8. The number of rotatable bonds is 7. The Kier molecular flexibility index (Phi) is 7.09. The number of ether oxygens (including phenoxy) is 2. The number of hydrogen-bond acceptors (Lipinski definition) is 5. The van der Waals surface area contributed by atoms with E-state index in [0.717, 1.165) is 5.56 Å². The lowest BCUT2D eigenvalue weighted by molar-refractivity contribution is -0.140. The number of carboxylic acids is 1. The largest absolute Gasteiger partial charge is 0.493 e. The van der Waals surface area contributed by atoms with E-state index < -0.39 is 24.5 Å². The van der Waals surface area contributed by atoms with Gasteiger partial charge in [0.25, 0.3) is 5.91 Å². The Hall–Kier alpha value is -2.75. The van der Waals surface area contributed by atoms with Crippen LogP contribution in [-0.2, 0) is 16.2 Å². The molecule has 11 heteroatoms. The number of nitrogens with zero attached hydrogens (tertiary/aromatic N) is 1. The molecule has 31 heavy (non-hydrogen) atoms. The maximum atomic E-state index is 12.3. The molecule has 0 bridgehead atoms. The average Bonchev–Trinajstić information content (AvgIpc) is 2.96. The van der Waals surface area contributed by atoms with Crippen molar-refractivity contribution in [3.05, 3.63) is 61.7 Å². The number of imide groups is 1. The molecule has 0 unspecified atom stereocenters. The van der Waals surface area contributed by atoms with Gasteiger partial charge in [-0.3, -0.25) is 9.59 Å². The predicted octanol–water partition coefficient (Wildman–Crippen LogP) is 4.32. The summed E-state index contributed by atoms with van der Waals surface area (Å²) in [5.74, 6) is -1.25. The highest BCUT2D eigenvalue weighted by molar-refractivity contribution is 9.10. The number of nitrogens with one attached hydrogen (secondary N) is 1. The molecule has 0 aromatic heterocycles. The molecule has 3 rings (SSSR count). The first kappa shape index (κ1) is 22.9. The first-order valence-electron chi connectivity index (χ1n) is 8.70. The minimum atomic E-state index is -1.30. The van der Waals surface area contributed by atoms with Crippen LogP contribution in [0.5, 0.6) is 11.5 Å². The number of hydrogen-bond donors (Lipinski definition) is 2. The predicted molar refractivity (Wildman–Crippen MR) is 117 cm³/mol. The zero-order valence-electron chi connectivity index (χ0n) is 15.9. The molecule has 162 valence electrons. The second-order valence-corrected chi connectivity index (χ2v) is 8.02. The van der Waals surface area contributed by atoms with E-state index in [2.05, 4.69) is 21.2 Å². The molecule has 3 amide bonds. The van der Waals surface area contributed by atoms with Gasteiger partial charge < -0.3 is 19.9 Å². The fourth-order valence-corrected chi connectivity index (χ4v) is 3.63. The molecule has 0 saturated carbocycles. The molecule has 2 aromatic rings. The second kappa shape index (κ2) is 9.59. The molecular weight excluding hydrogens is 515 g/mol. The van der Waals surface area contributed by atoms with Gasteiger partial charge in [0.05, 0.1) is 7.11 Å². The van der Waals surface area contributed by atoms with Crippen molar-refractivity contribution < 1.29 is 29.0 Å². The van der Waals surface area contributed by atoms with Crippen molar-refractivity contribution in [2.45, 2.75) is 6.61 Å². The van der Waals surface area contributed by atoms with Crippen molar-refractivity contribution in [3.63, 3.8) is 0 Å². The topological polar surface area (TPSA) is 105 Å². The number of halogens is 3. The zero-order valence-corrected chi connectivity index (χ0v) is 19.0. The van der Waals surface area contributed by atoms with E-state index in [1.165, 1.54) is 13.2 Å². The van der Waals surface area contributed by atoms with Crippen LogP contribution in [0.1, 0.15) is 11.1 Å². The number of aliphatic carboxylic acids is 1. The van der Waals surface area contributed by atoms with Gasteiger partial charge in [-0.1, -0.05) is 45.2 Å². The summed E-state index contributed by atoms with van der Waals surface area (Å²) in [4.78, 5) is 35.6. The summed E-state index contributed by atoms with van der Waals surface area (Å²) in [5, 5.41) is 12.2. The van der Waals surface area contributed by atoms with Crippen LogP contribution in [0.15, 0.2) is 40.5 Å². The van der Waals surface area contributed by atoms with Crippen LogP contribution in [0.3, 0.4) is 0 Å². The van der Waals surface area contributed by atoms with Gasteiger partial charge in [0, 0.05) is 20.1 Å². The Morgan fingerprint density at radius 3 is 2.61 bits per heavy atom. The standard InChI is InChI=1S/C20H15BrCl2N2O6/c1-30-16-5-11(4-15-19(28)25(8-18(26)27)20(29)24-15)13(21)7-17(16)31-9-10-2-3-12(22)6-14(10)23/h2-7H,8-9H2,1H3,(H,24,29)(H,26,27)/b15-4+. The molecule has 0 spiro atoms. The first-order valence-corrected chi connectivity index (χ1v) is 10.2. The van der Waals surface area contributed by atoms with Crippen molar-refractivity contribution in [2.75, 3.05) is 13.7 Å². The molecule has 1 fully saturated rings. The summed E-state index contributed by atoms with van der Waals surface area (Å²) in [6.07, 6.45) is 1.41. The van der Waals surface area contributed by atoms with Crippen molar-refractivity contribution in [1.29, 1.82) is 0 Å². The van der Waals surface area contributed by atoms with E-state index in [0.29, 0.717) is 36.5 Å². The third-order valence-electron chi connectivity index (χ3n) is 4.24. The normalized spacial score (nSPS) is 14.7. The van der Waals surface area contributed by atoms with Crippen molar-refractivity contribution in [1.82, 2.24) is 10.2 Å². The van der Waals surface area contributed by atoms with Crippen LogP contribution in [0.4, 0.5) is 4.79 Å². The SMILES string of the molecule is COc1cc(/C=C2/NC(=O)N(CC(=O)O)C2=O)c(Br)cc1OCc1ccc(Cl)cc1Cl. The minimum absolute atomic E-state index is 0.0596. The lowest BCUT2D eigenvalue weighted by atomic mass is 10.1. The molecule has 0 radical (unpaired) electrons. The summed E-state index contributed by atoms with van der Waals surface area (Å²) >= 11 is 15.5. The molecule has 1 aliphatic rings. The summed E-state index contributed by atoms with van der Waals surface area (Å²) in [6, 6.07) is 7.52. The monoisotopic (exact) mass is 528 g/mol. The van der Waals surface area contributed by atoms with E-state index in [1.54, 1.807) is 30.3 Å². The smallest absolute Gasteiger partial charge is 0.329 e. The van der Waals surface area contributed by atoms with Crippen LogP contribution in [0.2, 0.25) is 10.0 Å². The van der Waals surface area contributed by atoms with Crippen LogP contribution in [0.25, 0.3) is 6.08 Å². The Labute approximate surface area is 195 Å². The lowest BCUT2D eigenvalue weighted by Crippen LogP contribution is -2.35. The molecule has 2 N–H and O–H groups in total. The third kappa shape index (κ3) is 5.30. The Bertz CT molecular complexity index is 1110. The number of methoxy groups -OCH3 is 1. The fraction of sp³-hybridized carbons (Fsp3) is 0.150. The highest BCUT2D eigenvalue weighted by Crippen LogP contribution is 2.36. The molecule has 2 aromatic carbocycles. The molecule has 0 aliphatic carbocycles. The van der Waals surface area contributed by atoms with Gasteiger partial charge in [-0.25, -0.2) is 9.69 Å². The quantitative estimate of drug-likeness (QED) is 0.409. The maximum Gasteiger partial charge on any atom is 0.329 e. The van der Waals surface area contributed by atoms with Crippen molar-refractivity contribution in [2.24, 2.45) is 0 Å². The van der Waals surface area contributed by atoms with Gasteiger partial charge in [0.1, 0.15) is 18.8 Å². The molecule has 0 atom stereocenters. The Balaban J connectivity index is 1.84. The summed E-state index contributed by atoms with van der Waals surface area (Å²) in [7, 11) is 1.46. The minimum Gasteiger partial charge on any atom is -0.493 e. The van der Waals surface area contributed by atoms with Gasteiger partial charge in [-0.05, 0) is 35.9 Å². The number of urea groups is 1. The van der Waals surface area contributed by atoms with E-state index in [1.807, 2.05) is 0 Å². The number of amides is 3. The van der Waals surface area contributed by atoms with Crippen LogP contribution >= 0.6 is 39.1 Å².